The second-order valence-electron chi connectivity index (χ2n) is 15.6. The summed E-state index contributed by atoms with van der Waals surface area (Å²) in [6.07, 6.45) is 7.41. The summed E-state index contributed by atoms with van der Waals surface area (Å²) < 4.78 is 0. The van der Waals surface area contributed by atoms with E-state index in [1.807, 2.05) is 44.2 Å². The van der Waals surface area contributed by atoms with Crippen LogP contribution >= 0.6 is 0 Å². The van der Waals surface area contributed by atoms with Gasteiger partial charge in [0.25, 0.3) is 0 Å². The second kappa shape index (κ2) is 21.2. The van der Waals surface area contributed by atoms with E-state index in [-0.39, 0.29) is 11.5 Å². The maximum atomic E-state index is 9.84. The van der Waals surface area contributed by atoms with Crippen LogP contribution in [0.1, 0.15) is 122 Å². The predicted octanol–water partition coefficient (Wildman–Crippen LogP) is 12.8. The van der Waals surface area contributed by atoms with Crippen LogP contribution in [0.4, 0.5) is 22.7 Å². The van der Waals surface area contributed by atoms with Crippen molar-refractivity contribution in [1.29, 1.82) is 0 Å². The van der Waals surface area contributed by atoms with E-state index in [1.165, 1.54) is 55.6 Å². The number of anilines is 2. The normalized spacial score (nSPS) is 11.7. The van der Waals surface area contributed by atoms with E-state index >= 15 is 0 Å². The van der Waals surface area contributed by atoms with Gasteiger partial charge in [-0.3, -0.25) is 9.98 Å². The average Bonchev–Trinajstić information content (AvgIpc) is 3.25. The summed E-state index contributed by atoms with van der Waals surface area (Å²) >= 11 is 0. The van der Waals surface area contributed by atoms with Gasteiger partial charge in [0, 0.05) is 22.8 Å². The van der Waals surface area contributed by atoms with Gasteiger partial charge in [-0.25, -0.2) is 0 Å². The van der Waals surface area contributed by atoms with Crippen LogP contribution in [0.3, 0.4) is 0 Å². The number of nitrogens with zero attached hydrogens (tertiary/aromatic N) is 2. The summed E-state index contributed by atoms with van der Waals surface area (Å²) in [4.78, 5) is 9.83. The van der Waals surface area contributed by atoms with Crippen LogP contribution in [0, 0.1) is 0 Å². The molecule has 0 aromatic heterocycles. The number of phenolic OH excluding ortho intramolecular Hbond substituents is 2. The summed E-state index contributed by atoms with van der Waals surface area (Å²) in [5.41, 5.74) is 32.6. The van der Waals surface area contributed by atoms with Crippen LogP contribution in [-0.4, -0.2) is 21.6 Å². The van der Waals surface area contributed by atoms with E-state index < -0.39 is 0 Å². The third-order valence-electron chi connectivity index (χ3n) is 11.3. The number of nitrogens with two attached hydrogens (primary N) is 2. The molecule has 0 saturated carbocycles. The zero-order valence-electron chi connectivity index (χ0n) is 37.0. The van der Waals surface area contributed by atoms with Crippen molar-refractivity contribution in [3.05, 3.63) is 176 Å². The quantitative estimate of drug-likeness (QED) is 0.0648. The zero-order chi connectivity index (χ0) is 43.3. The Bertz CT molecular complexity index is 2430. The van der Waals surface area contributed by atoms with Gasteiger partial charge in [-0.15, -0.1) is 0 Å². The van der Waals surface area contributed by atoms with Crippen molar-refractivity contribution in [3.8, 4) is 11.5 Å². The fourth-order valence-corrected chi connectivity index (χ4v) is 7.78. The van der Waals surface area contributed by atoms with Gasteiger partial charge in [0.1, 0.15) is 11.5 Å². The Balaban J connectivity index is 0.000000230. The van der Waals surface area contributed by atoms with Crippen molar-refractivity contribution in [3.63, 3.8) is 0 Å². The molecule has 0 heterocycles. The van der Waals surface area contributed by atoms with E-state index in [0.29, 0.717) is 0 Å². The summed E-state index contributed by atoms with van der Waals surface area (Å²) in [5, 5.41) is 19.5. The first-order chi connectivity index (χ1) is 28.9. The second-order valence-corrected chi connectivity index (χ2v) is 15.6. The molecular weight excluding hydrogens is 737 g/mol. The Morgan fingerprint density at radius 1 is 0.450 bits per heavy atom. The smallest absolute Gasteiger partial charge is 0.116 e. The van der Waals surface area contributed by atoms with Gasteiger partial charge >= 0.3 is 0 Å². The van der Waals surface area contributed by atoms with Crippen LogP contribution in [0.25, 0.3) is 0 Å². The Hall–Kier alpha value is -6.14. The first kappa shape index (κ1) is 45.0. The Labute approximate surface area is 358 Å². The highest BCUT2D eigenvalue weighted by Crippen LogP contribution is 2.32. The van der Waals surface area contributed by atoms with Crippen molar-refractivity contribution in [1.82, 2.24) is 0 Å². The Kier molecular flexibility index (Phi) is 15.9. The predicted molar refractivity (Wildman–Crippen MR) is 256 cm³/mol. The third kappa shape index (κ3) is 11.5. The maximum Gasteiger partial charge on any atom is 0.116 e. The van der Waals surface area contributed by atoms with Crippen LogP contribution < -0.4 is 11.5 Å². The molecule has 0 saturated heterocycles. The molecule has 0 bridgehead atoms. The highest BCUT2D eigenvalue weighted by Gasteiger charge is 2.13. The molecule has 0 spiro atoms. The molecule has 60 heavy (non-hydrogen) atoms. The first-order valence-corrected chi connectivity index (χ1v) is 21.6. The Morgan fingerprint density at radius 2 is 0.867 bits per heavy atom. The number of benzene rings is 6. The molecule has 0 aliphatic heterocycles. The third-order valence-corrected chi connectivity index (χ3v) is 11.3. The van der Waals surface area contributed by atoms with Gasteiger partial charge in [-0.05, 0) is 168 Å². The minimum atomic E-state index is 0.257. The molecule has 6 heteroatoms. The van der Waals surface area contributed by atoms with Crippen LogP contribution in [0.2, 0.25) is 0 Å². The van der Waals surface area contributed by atoms with Crippen LogP contribution in [-0.2, 0) is 51.4 Å². The van der Waals surface area contributed by atoms with Gasteiger partial charge < -0.3 is 21.7 Å². The van der Waals surface area contributed by atoms with E-state index in [2.05, 4.69) is 96.1 Å². The topological polar surface area (TPSA) is 117 Å². The molecule has 6 N–H and O–H groups in total. The highest BCUT2D eigenvalue weighted by atomic mass is 16.3. The summed E-state index contributed by atoms with van der Waals surface area (Å²) in [6.45, 7) is 17.0. The van der Waals surface area contributed by atoms with Gasteiger partial charge in [0.2, 0.25) is 0 Å². The molecular formula is C54H64N4O2. The number of nitrogen functional groups attached to an aromatic ring is 2. The van der Waals surface area contributed by atoms with Crippen molar-refractivity contribution in [2.75, 3.05) is 11.5 Å². The maximum absolute atomic E-state index is 9.84. The van der Waals surface area contributed by atoms with Crippen molar-refractivity contribution < 1.29 is 10.2 Å². The Morgan fingerprint density at radius 3 is 1.35 bits per heavy atom. The number of hydrogen-bond acceptors (Lipinski definition) is 6. The molecule has 0 fully saturated rings. The largest absolute Gasteiger partial charge is 0.508 e. The molecule has 0 amide bonds. The summed E-state index contributed by atoms with van der Waals surface area (Å²) in [5.74, 6) is 0.522. The van der Waals surface area contributed by atoms with Gasteiger partial charge in [-0.2, -0.15) is 0 Å². The standard InChI is InChI=1S/C29H36N2O.C25H28N2O/c1-6-22-14-20(15-23(7-2)28(22)30)13-21-16-24(8-3)29(25(9-4)17-21)31-19(5)26-11-10-12-27(32)18-26;1-4-20-14-18(9-11-24(20)26)13-19-10-12-25(21(5-2)15-19)27-17(3)22-7-6-8-23(28)16-22/h10-12,14-18,32H,6-9,13,30H2,1-5H3;6-12,14-16,28H,4-5,13,26H2,1-3H3. The minimum Gasteiger partial charge on any atom is -0.508 e. The van der Waals surface area contributed by atoms with Crippen LogP contribution in [0.15, 0.2) is 119 Å². The zero-order valence-corrected chi connectivity index (χ0v) is 37.0. The lowest BCUT2D eigenvalue weighted by molar-refractivity contribution is 0.474. The molecule has 0 aliphatic rings. The monoisotopic (exact) mass is 801 g/mol. The SMILES string of the molecule is CCc1cc(Cc2cc(CC)c(N=C(C)c3cccc(O)c3)c(CC)c2)cc(CC)c1N.CCc1cc(Cc2ccc(N=C(C)c3cccc(O)c3)c(CC)c2)ccc1N. The van der Waals surface area contributed by atoms with Gasteiger partial charge in [0.05, 0.1) is 11.4 Å². The fraction of sp³-hybridized carbons (Fsp3) is 0.296. The number of rotatable bonds is 14. The van der Waals surface area contributed by atoms with Crippen LogP contribution in [0.5, 0.6) is 11.5 Å². The molecule has 6 rings (SSSR count). The number of aliphatic imine (C=N–C) groups is 2. The van der Waals surface area contributed by atoms with Crippen molar-refractivity contribution in [2.24, 2.45) is 9.98 Å². The lowest BCUT2D eigenvalue weighted by Gasteiger charge is -2.16. The minimum absolute atomic E-state index is 0.257. The molecule has 312 valence electrons. The number of phenols is 2. The average molecular weight is 801 g/mol. The molecule has 0 aliphatic carbocycles. The lowest BCUT2D eigenvalue weighted by Crippen LogP contribution is -2.02. The molecule has 6 aromatic carbocycles. The number of aromatic hydroxyl groups is 2. The van der Waals surface area contributed by atoms with E-state index in [4.69, 9.17) is 21.5 Å². The molecule has 6 aromatic rings. The summed E-state index contributed by atoms with van der Waals surface area (Å²) in [7, 11) is 0. The molecule has 0 unspecified atom stereocenters. The van der Waals surface area contributed by atoms with E-state index in [9.17, 15) is 10.2 Å². The van der Waals surface area contributed by atoms with Crippen molar-refractivity contribution >= 4 is 34.2 Å². The summed E-state index contributed by atoms with van der Waals surface area (Å²) in [6, 6.07) is 36.5. The molecule has 0 atom stereocenters. The lowest BCUT2D eigenvalue weighted by atomic mass is 9.92. The van der Waals surface area contributed by atoms with Gasteiger partial charge in [0.15, 0.2) is 0 Å². The van der Waals surface area contributed by atoms with Gasteiger partial charge in [-0.1, -0.05) is 114 Å². The molecule has 0 radical (unpaired) electrons. The number of hydrogen-bond donors (Lipinski definition) is 4. The highest BCUT2D eigenvalue weighted by molar-refractivity contribution is 6.01. The fourth-order valence-electron chi connectivity index (χ4n) is 7.78. The van der Waals surface area contributed by atoms with Crippen molar-refractivity contribution in [2.45, 2.75) is 107 Å². The van der Waals surface area contributed by atoms with E-state index in [0.717, 1.165) is 96.7 Å². The molecule has 6 nitrogen and oxygen atoms in total. The number of aryl methyl sites for hydroxylation is 6. The first-order valence-electron chi connectivity index (χ1n) is 21.6. The van der Waals surface area contributed by atoms with E-state index in [1.54, 1.807) is 24.3 Å².